The summed E-state index contributed by atoms with van der Waals surface area (Å²) in [5.74, 6) is 4.06. The zero-order chi connectivity index (χ0) is 6.57. The Labute approximate surface area is 45.1 Å². The largest absolute Gasteiger partial charge is 0.295 e. The number of hydrogen-bond donors (Lipinski definition) is 6. The molecule has 0 radical (unpaired) electrons. The van der Waals surface area contributed by atoms with Crippen LogP contribution in [-0.2, 0) is 0 Å². The predicted molar refractivity (Wildman–Crippen MR) is 23.6 cm³/mol. The van der Waals surface area contributed by atoms with Crippen LogP contribution >= 0.6 is 0 Å². The molecule has 0 aromatic heterocycles. The molecular formula is CH7N5O2. The topological polar surface area (TPSA) is 118 Å². The summed E-state index contributed by atoms with van der Waals surface area (Å²) in [4.78, 5) is 0. The Hall–Kier alpha value is -0.890. The number of rotatable bonds is 1. The lowest BCUT2D eigenvalue weighted by Gasteiger charge is -2.11. The molecule has 0 aromatic carbocycles. The van der Waals surface area contributed by atoms with E-state index in [1.165, 1.54) is 5.59 Å². The van der Waals surface area contributed by atoms with Gasteiger partial charge in [0.15, 0.2) is 0 Å². The van der Waals surface area contributed by atoms with Gasteiger partial charge in [-0.1, -0.05) is 5.59 Å². The highest BCUT2D eigenvalue weighted by Crippen LogP contribution is 1.65. The monoisotopic (exact) mass is 121 g/mol. The minimum Gasteiger partial charge on any atom is -0.295 e. The van der Waals surface area contributed by atoms with E-state index in [0.717, 1.165) is 0 Å². The number of hydrogen-bond acceptors (Lipinski definition) is 5. The van der Waals surface area contributed by atoms with Gasteiger partial charge in [-0.15, -0.1) is 5.17 Å². The highest BCUT2D eigenvalue weighted by Gasteiger charge is 1.98. The smallest absolute Gasteiger partial charge is 0.248 e. The molecule has 7 nitrogen and oxygen atoms in total. The molecule has 0 amide bonds. The molecule has 7 N–H and O–H groups in total. The average Bonchev–Trinajstić information content (AvgIpc) is 1.84. The van der Waals surface area contributed by atoms with E-state index in [0.29, 0.717) is 0 Å². The Morgan fingerprint density at radius 3 is 2.38 bits per heavy atom. The first kappa shape index (κ1) is 7.11. The maximum atomic E-state index is 8.23. The second-order valence-electron chi connectivity index (χ2n) is 0.905. The van der Waals surface area contributed by atoms with E-state index in [1.807, 2.05) is 0 Å². The molecule has 0 unspecified atom stereocenters. The molecule has 0 aliphatic heterocycles. The lowest BCUT2D eigenvalue weighted by Crippen LogP contribution is -2.47. The van der Waals surface area contributed by atoms with Crippen molar-refractivity contribution >= 4 is 5.96 Å². The van der Waals surface area contributed by atoms with E-state index in [4.69, 9.17) is 15.8 Å². The van der Waals surface area contributed by atoms with Crippen molar-refractivity contribution in [2.75, 3.05) is 0 Å². The Balaban J connectivity index is 3.46. The predicted octanol–water partition coefficient (Wildman–Crippen LogP) is -2.03. The fraction of sp³-hybridized carbons (Fsp3) is 0. The molecular weight excluding hydrogens is 114 g/mol. The van der Waals surface area contributed by atoms with Crippen LogP contribution in [0.15, 0.2) is 0 Å². The van der Waals surface area contributed by atoms with E-state index in [-0.39, 0.29) is 5.17 Å². The average molecular weight is 121 g/mol. The van der Waals surface area contributed by atoms with Crippen molar-refractivity contribution < 1.29 is 10.4 Å². The fourth-order valence-corrected chi connectivity index (χ4v) is 0.111. The van der Waals surface area contributed by atoms with E-state index in [2.05, 4.69) is 5.84 Å². The number of nitrogens with two attached hydrogens (primary N) is 1. The first-order valence-electron chi connectivity index (χ1n) is 1.66. The van der Waals surface area contributed by atoms with Gasteiger partial charge in [-0.3, -0.25) is 21.2 Å². The number of hydroxylamine groups is 1. The molecule has 0 heterocycles. The van der Waals surface area contributed by atoms with Crippen LogP contribution in [0.3, 0.4) is 0 Å². The quantitative estimate of drug-likeness (QED) is 0.103. The van der Waals surface area contributed by atoms with Crippen LogP contribution < -0.4 is 16.9 Å². The van der Waals surface area contributed by atoms with Crippen molar-refractivity contribution in [2.24, 2.45) is 5.84 Å². The lowest BCUT2D eigenvalue weighted by molar-refractivity contribution is -0.161. The molecule has 0 atom stereocenters. The van der Waals surface area contributed by atoms with Gasteiger partial charge >= 0.3 is 0 Å². The third-order valence-corrected chi connectivity index (χ3v) is 0.443. The standard InChI is InChI=1S/CH7N5O2/c2-1(4-3)6(8)5-7/h5,7-8H,3H2,(H2,2,4). The van der Waals surface area contributed by atoms with Crippen LogP contribution in [-0.4, -0.2) is 21.5 Å². The van der Waals surface area contributed by atoms with Crippen molar-refractivity contribution in [2.45, 2.75) is 0 Å². The van der Waals surface area contributed by atoms with Gasteiger partial charge in [-0.25, -0.2) is 5.84 Å². The van der Waals surface area contributed by atoms with Crippen molar-refractivity contribution in [3.8, 4) is 0 Å². The summed E-state index contributed by atoms with van der Waals surface area (Å²) >= 11 is 0. The zero-order valence-electron chi connectivity index (χ0n) is 3.92. The van der Waals surface area contributed by atoms with E-state index in [1.54, 1.807) is 5.43 Å². The molecule has 48 valence electrons. The Bertz CT molecular complexity index is 82.5. The molecule has 8 heavy (non-hydrogen) atoms. The van der Waals surface area contributed by atoms with Crippen molar-refractivity contribution in [3.63, 3.8) is 0 Å². The van der Waals surface area contributed by atoms with Crippen LogP contribution in [0.2, 0.25) is 0 Å². The molecule has 7 heteroatoms. The molecule has 0 aliphatic carbocycles. The van der Waals surface area contributed by atoms with Gasteiger partial charge in [-0.05, 0) is 0 Å². The maximum absolute atomic E-state index is 8.23. The lowest BCUT2D eigenvalue weighted by atomic mass is 11.0. The van der Waals surface area contributed by atoms with Crippen LogP contribution in [0.1, 0.15) is 0 Å². The van der Waals surface area contributed by atoms with Gasteiger partial charge < -0.3 is 0 Å². The zero-order valence-corrected chi connectivity index (χ0v) is 3.92. The number of guanidine groups is 1. The highest BCUT2D eigenvalue weighted by molar-refractivity contribution is 5.73. The summed E-state index contributed by atoms with van der Waals surface area (Å²) < 4.78 is 0. The molecule has 0 fully saturated rings. The third-order valence-electron chi connectivity index (χ3n) is 0.443. The van der Waals surface area contributed by atoms with Gasteiger partial charge in [0.1, 0.15) is 0 Å². The van der Waals surface area contributed by atoms with Crippen LogP contribution in [0, 0.1) is 5.41 Å². The summed E-state index contributed by atoms with van der Waals surface area (Å²) in [6, 6.07) is 0. The molecule has 0 spiro atoms. The van der Waals surface area contributed by atoms with Gasteiger partial charge in [-0.2, -0.15) is 0 Å². The molecule has 0 saturated heterocycles. The summed E-state index contributed by atoms with van der Waals surface area (Å²) in [7, 11) is 0. The van der Waals surface area contributed by atoms with Gasteiger partial charge in [0.2, 0.25) is 5.96 Å². The van der Waals surface area contributed by atoms with Gasteiger partial charge in [0, 0.05) is 0 Å². The van der Waals surface area contributed by atoms with Crippen LogP contribution in [0.5, 0.6) is 0 Å². The molecule has 0 bridgehead atoms. The summed E-state index contributed by atoms with van der Waals surface area (Å²) in [6.45, 7) is 0. The van der Waals surface area contributed by atoms with Crippen molar-refractivity contribution in [1.29, 1.82) is 5.41 Å². The summed E-state index contributed by atoms with van der Waals surface area (Å²) in [6.07, 6.45) is 0. The van der Waals surface area contributed by atoms with E-state index < -0.39 is 5.96 Å². The fourth-order valence-electron chi connectivity index (χ4n) is 0.111. The molecule has 0 aromatic rings. The van der Waals surface area contributed by atoms with Crippen molar-refractivity contribution in [1.82, 2.24) is 16.2 Å². The second-order valence-corrected chi connectivity index (χ2v) is 0.905. The van der Waals surface area contributed by atoms with Gasteiger partial charge in [0.25, 0.3) is 0 Å². The number of nitrogens with zero attached hydrogens (tertiary/aromatic N) is 1. The Morgan fingerprint density at radius 1 is 1.75 bits per heavy atom. The molecule has 0 rings (SSSR count). The summed E-state index contributed by atoms with van der Waals surface area (Å²) in [5.41, 5.74) is 2.99. The SMILES string of the molecule is N=C(NN)N(O)NO. The Morgan fingerprint density at radius 2 is 2.25 bits per heavy atom. The van der Waals surface area contributed by atoms with Crippen molar-refractivity contribution in [3.05, 3.63) is 0 Å². The molecule has 0 aliphatic rings. The third kappa shape index (κ3) is 1.71. The maximum Gasteiger partial charge on any atom is 0.248 e. The first-order chi connectivity index (χ1) is 3.72. The van der Waals surface area contributed by atoms with E-state index >= 15 is 0 Å². The number of hydrazine groups is 2. The summed E-state index contributed by atoms with van der Waals surface area (Å²) in [5, 5.41) is 22.6. The Kier molecular flexibility index (Phi) is 2.80. The molecule has 0 saturated carbocycles. The first-order valence-corrected chi connectivity index (χ1v) is 1.66. The second kappa shape index (κ2) is 3.16. The minimum atomic E-state index is -0.562. The highest BCUT2D eigenvalue weighted by atomic mass is 16.7. The minimum absolute atomic E-state index is 0. The van der Waals surface area contributed by atoms with Crippen LogP contribution in [0.4, 0.5) is 0 Å². The van der Waals surface area contributed by atoms with E-state index in [9.17, 15) is 0 Å². The normalized spacial score (nSPS) is 8.38. The van der Waals surface area contributed by atoms with Crippen LogP contribution in [0.25, 0.3) is 0 Å². The van der Waals surface area contributed by atoms with Gasteiger partial charge in [0.05, 0.1) is 0 Å². The number of nitrogens with one attached hydrogen (secondary N) is 3.